The van der Waals surface area contributed by atoms with E-state index in [2.05, 4.69) is 31.8 Å². The minimum absolute atomic E-state index is 0.102. The number of nitrogens with zero attached hydrogens (tertiary/aromatic N) is 1. The second-order valence-electron chi connectivity index (χ2n) is 5.89. The fourth-order valence-corrected chi connectivity index (χ4v) is 2.69. The zero-order chi connectivity index (χ0) is 21.3. The molecular weight excluding hydrogens is 454 g/mol. The van der Waals surface area contributed by atoms with Crippen LogP contribution < -0.4 is 15.5 Å². The lowest BCUT2D eigenvalue weighted by atomic mass is 10.2. The Morgan fingerprint density at radius 1 is 1.07 bits per heavy atom. The lowest BCUT2D eigenvalue weighted by Gasteiger charge is -2.08. The molecule has 8 nitrogen and oxygen atoms in total. The molecule has 0 saturated carbocycles. The van der Waals surface area contributed by atoms with Crippen LogP contribution in [0.25, 0.3) is 0 Å². The predicted octanol–water partition coefficient (Wildman–Crippen LogP) is 3.14. The van der Waals surface area contributed by atoms with Gasteiger partial charge in [0.15, 0.2) is 5.76 Å². The molecule has 0 atom stereocenters. The number of carbonyl (C=O) groups excluding carboxylic acids is 3. The van der Waals surface area contributed by atoms with Gasteiger partial charge in [-0.2, -0.15) is 5.10 Å². The quantitative estimate of drug-likeness (QED) is 0.239. The zero-order valence-corrected chi connectivity index (χ0v) is 17.1. The summed E-state index contributed by atoms with van der Waals surface area (Å²) >= 11 is 3.34. The summed E-state index contributed by atoms with van der Waals surface area (Å²) in [6, 6.07) is 16.6. The molecule has 0 saturated heterocycles. The zero-order valence-electron chi connectivity index (χ0n) is 15.5. The Bertz CT molecular complexity index is 1070. The van der Waals surface area contributed by atoms with E-state index in [-0.39, 0.29) is 18.1 Å². The smallest absolute Gasteiger partial charge is 0.343 e. The molecule has 2 amide bonds. The maximum Gasteiger partial charge on any atom is 0.343 e. The van der Waals surface area contributed by atoms with Gasteiger partial charge >= 0.3 is 5.97 Å². The van der Waals surface area contributed by atoms with E-state index in [9.17, 15) is 14.4 Å². The number of furan rings is 1. The van der Waals surface area contributed by atoms with Crippen molar-refractivity contribution in [1.82, 2.24) is 10.7 Å². The Hall–Kier alpha value is -3.72. The SMILES string of the molecule is O=C(CNC(=O)c1ccco1)NN=Cc1cc(Br)ccc1OC(=O)c1ccccc1. The standard InChI is InChI=1S/C21H16BrN3O5/c22-16-8-9-17(30-21(28)14-5-2-1-3-6-14)15(11-16)12-24-25-19(26)13-23-20(27)18-7-4-10-29-18/h1-12H,13H2,(H,23,27)(H,25,26). The second kappa shape index (κ2) is 10.2. The summed E-state index contributed by atoms with van der Waals surface area (Å²) in [5.41, 5.74) is 3.17. The van der Waals surface area contributed by atoms with Gasteiger partial charge in [-0.3, -0.25) is 9.59 Å². The van der Waals surface area contributed by atoms with Crippen molar-refractivity contribution in [3.63, 3.8) is 0 Å². The molecule has 0 aliphatic heterocycles. The highest BCUT2D eigenvalue weighted by Crippen LogP contribution is 2.22. The third-order valence-corrected chi connectivity index (χ3v) is 4.22. The van der Waals surface area contributed by atoms with Gasteiger partial charge in [-0.1, -0.05) is 34.1 Å². The topological polar surface area (TPSA) is 110 Å². The van der Waals surface area contributed by atoms with Gasteiger partial charge in [0.05, 0.1) is 24.6 Å². The van der Waals surface area contributed by atoms with Crippen LogP contribution in [0.4, 0.5) is 0 Å². The average Bonchev–Trinajstić information content (AvgIpc) is 3.29. The van der Waals surface area contributed by atoms with Crippen LogP contribution in [-0.4, -0.2) is 30.5 Å². The Labute approximate surface area is 180 Å². The summed E-state index contributed by atoms with van der Waals surface area (Å²) < 4.78 is 11.1. The third kappa shape index (κ3) is 5.89. The number of halogens is 1. The van der Waals surface area contributed by atoms with Gasteiger partial charge in [-0.15, -0.1) is 0 Å². The summed E-state index contributed by atoms with van der Waals surface area (Å²) in [6.07, 6.45) is 2.70. The van der Waals surface area contributed by atoms with Crippen molar-refractivity contribution in [2.24, 2.45) is 5.10 Å². The van der Waals surface area contributed by atoms with Gasteiger partial charge in [-0.25, -0.2) is 10.2 Å². The van der Waals surface area contributed by atoms with Crippen LogP contribution in [0.5, 0.6) is 5.75 Å². The monoisotopic (exact) mass is 469 g/mol. The maximum atomic E-state index is 12.3. The largest absolute Gasteiger partial charge is 0.459 e. The molecule has 3 rings (SSSR count). The summed E-state index contributed by atoms with van der Waals surface area (Å²) in [4.78, 5) is 35.9. The first kappa shape index (κ1) is 21.0. The van der Waals surface area contributed by atoms with Crippen LogP contribution in [0.15, 0.2) is 80.9 Å². The Morgan fingerprint density at radius 3 is 2.60 bits per heavy atom. The van der Waals surface area contributed by atoms with Crippen molar-refractivity contribution in [1.29, 1.82) is 0 Å². The van der Waals surface area contributed by atoms with E-state index in [1.54, 1.807) is 54.6 Å². The molecule has 3 aromatic rings. The number of carbonyl (C=O) groups is 3. The number of esters is 1. The molecule has 1 heterocycles. The third-order valence-electron chi connectivity index (χ3n) is 3.73. The first-order valence-corrected chi connectivity index (χ1v) is 9.52. The van der Waals surface area contributed by atoms with Crippen molar-refractivity contribution in [3.05, 3.63) is 88.3 Å². The van der Waals surface area contributed by atoms with Crippen molar-refractivity contribution < 1.29 is 23.5 Å². The number of rotatable bonds is 7. The van der Waals surface area contributed by atoms with Gasteiger partial charge in [0.1, 0.15) is 5.75 Å². The number of hydrazone groups is 1. The number of nitrogens with one attached hydrogen (secondary N) is 2. The van der Waals surface area contributed by atoms with Gasteiger partial charge in [-0.05, 0) is 42.5 Å². The van der Waals surface area contributed by atoms with Gasteiger partial charge in [0.25, 0.3) is 11.8 Å². The summed E-state index contributed by atoms with van der Waals surface area (Å²) in [5.74, 6) is -1.19. The molecule has 30 heavy (non-hydrogen) atoms. The summed E-state index contributed by atoms with van der Waals surface area (Å²) in [6.45, 7) is -0.287. The summed E-state index contributed by atoms with van der Waals surface area (Å²) in [7, 11) is 0. The molecule has 0 bridgehead atoms. The van der Waals surface area contributed by atoms with E-state index in [1.807, 2.05) is 0 Å². The Kier molecular flexibility index (Phi) is 7.12. The minimum Gasteiger partial charge on any atom is -0.459 e. The molecule has 2 aromatic carbocycles. The highest BCUT2D eigenvalue weighted by Gasteiger charge is 2.12. The fraction of sp³-hybridized carbons (Fsp3) is 0.0476. The molecular formula is C21H16BrN3O5. The van der Waals surface area contributed by atoms with E-state index in [0.717, 1.165) is 4.47 Å². The highest BCUT2D eigenvalue weighted by atomic mass is 79.9. The van der Waals surface area contributed by atoms with E-state index >= 15 is 0 Å². The van der Waals surface area contributed by atoms with Crippen molar-refractivity contribution in [3.8, 4) is 5.75 Å². The molecule has 0 radical (unpaired) electrons. The molecule has 1 aromatic heterocycles. The molecule has 9 heteroatoms. The van der Waals surface area contributed by atoms with Crippen molar-refractivity contribution >= 4 is 39.9 Å². The molecule has 0 unspecified atom stereocenters. The highest BCUT2D eigenvalue weighted by molar-refractivity contribution is 9.10. The van der Waals surface area contributed by atoms with Crippen LogP contribution in [0.2, 0.25) is 0 Å². The van der Waals surface area contributed by atoms with E-state index in [1.165, 1.54) is 18.5 Å². The Morgan fingerprint density at radius 2 is 1.87 bits per heavy atom. The summed E-state index contributed by atoms with van der Waals surface area (Å²) in [5, 5.41) is 6.26. The van der Waals surface area contributed by atoms with Crippen LogP contribution in [0.3, 0.4) is 0 Å². The van der Waals surface area contributed by atoms with Crippen molar-refractivity contribution in [2.75, 3.05) is 6.54 Å². The number of ether oxygens (including phenoxy) is 1. The molecule has 0 aliphatic carbocycles. The second-order valence-corrected chi connectivity index (χ2v) is 6.81. The molecule has 2 N–H and O–H groups in total. The van der Waals surface area contributed by atoms with Gasteiger partial charge < -0.3 is 14.5 Å². The minimum atomic E-state index is -0.538. The van der Waals surface area contributed by atoms with E-state index < -0.39 is 17.8 Å². The lowest BCUT2D eigenvalue weighted by molar-refractivity contribution is -0.120. The average molecular weight is 470 g/mol. The van der Waals surface area contributed by atoms with Crippen LogP contribution >= 0.6 is 15.9 Å². The Balaban J connectivity index is 1.59. The number of benzene rings is 2. The first-order chi connectivity index (χ1) is 14.5. The van der Waals surface area contributed by atoms with Gasteiger partial charge in [0.2, 0.25) is 0 Å². The number of hydrogen-bond donors (Lipinski definition) is 2. The fourth-order valence-electron chi connectivity index (χ4n) is 2.31. The molecule has 0 fully saturated rings. The van der Waals surface area contributed by atoms with Crippen molar-refractivity contribution in [2.45, 2.75) is 0 Å². The maximum absolute atomic E-state index is 12.3. The predicted molar refractivity (Wildman–Crippen MR) is 112 cm³/mol. The normalized spacial score (nSPS) is 10.6. The lowest BCUT2D eigenvalue weighted by Crippen LogP contribution is -2.34. The first-order valence-electron chi connectivity index (χ1n) is 8.73. The molecule has 0 aliphatic rings. The van der Waals surface area contributed by atoms with Crippen LogP contribution in [0.1, 0.15) is 26.5 Å². The van der Waals surface area contributed by atoms with Crippen LogP contribution in [0, 0.1) is 0 Å². The van der Waals surface area contributed by atoms with Crippen LogP contribution in [-0.2, 0) is 4.79 Å². The number of hydrogen-bond acceptors (Lipinski definition) is 6. The van der Waals surface area contributed by atoms with Gasteiger partial charge in [0, 0.05) is 10.0 Å². The molecule has 0 spiro atoms. The van der Waals surface area contributed by atoms with E-state index in [0.29, 0.717) is 11.1 Å². The number of amides is 2. The molecule has 152 valence electrons. The van der Waals surface area contributed by atoms with E-state index in [4.69, 9.17) is 9.15 Å².